The third kappa shape index (κ3) is 3.94. The molecule has 1 aliphatic rings. The molecule has 0 saturated carbocycles. The minimum Gasteiger partial charge on any atom is -0.327 e. The van der Waals surface area contributed by atoms with E-state index in [-0.39, 0.29) is 22.0 Å². The Balaban J connectivity index is 1.99. The average Bonchev–Trinajstić information content (AvgIpc) is 2.63. The average molecular weight is 405 g/mol. The predicted molar refractivity (Wildman–Crippen MR) is 100 cm³/mol. The standard InChI is InChI=1S/C18H14ClFN4O4/c1-9-15(17(25)22-12-5-3-11(20)4-6-12)16(23-18(26)21-9)10-2-7-13(19)14(8-10)24(27)28/h2-8,16H,1H3,(H,22,25)(H2,21,23,26)/t16-/m1/s1. The van der Waals surface area contributed by atoms with E-state index in [9.17, 15) is 24.1 Å². The maximum absolute atomic E-state index is 13.1. The fourth-order valence-corrected chi connectivity index (χ4v) is 3.01. The van der Waals surface area contributed by atoms with Gasteiger partial charge in [-0.15, -0.1) is 0 Å². The molecule has 3 amide bonds. The van der Waals surface area contributed by atoms with Crippen LogP contribution in [0.4, 0.5) is 20.6 Å². The Labute approximate surface area is 163 Å². The molecule has 8 nitrogen and oxygen atoms in total. The van der Waals surface area contributed by atoms with Crippen LogP contribution in [0.1, 0.15) is 18.5 Å². The van der Waals surface area contributed by atoms with Crippen molar-refractivity contribution in [1.82, 2.24) is 10.6 Å². The summed E-state index contributed by atoms with van der Waals surface area (Å²) in [5.41, 5.74) is 0.758. The largest absolute Gasteiger partial charge is 0.327 e. The van der Waals surface area contributed by atoms with E-state index in [0.717, 1.165) is 0 Å². The van der Waals surface area contributed by atoms with Gasteiger partial charge in [-0.05, 0) is 42.8 Å². The summed E-state index contributed by atoms with van der Waals surface area (Å²) in [7, 11) is 0. The summed E-state index contributed by atoms with van der Waals surface area (Å²) in [6, 6.07) is 7.69. The van der Waals surface area contributed by atoms with Gasteiger partial charge < -0.3 is 16.0 Å². The van der Waals surface area contributed by atoms with Crippen molar-refractivity contribution in [3.8, 4) is 0 Å². The quantitative estimate of drug-likeness (QED) is 0.533. The first kappa shape index (κ1) is 19.3. The normalized spacial score (nSPS) is 16.2. The summed E-state index contributed by atoms with van der Waals surface area (Å²) in [6.45, 7) is 1.54. The van der Waals surface area contributed by atoms with Gasteiger partial charge in [-0.2, -0.15) is 0 Å². The number of anilines is 1. The fraction of sp³-hybridized carbons (Fsp3) is 0.111. The van der Waals surface area contributed by atoms with Gasteiger partial charge in [0.05, 0.1) is 16.5 Å². The molecule has 3 rings (SSSR count). The highest BCUT2D eigenvalue weighted by Gasteiger charge is 2.32. The van der Waals surface area contributed by atoms with Crippen LogP contribution in [0, 0.1) is 15.9 Å². The van der Waals surface area contributed by atoms with Crippen molar-refractivity contribution in [3.05, 3.63) is 80.3 Å². The monoisotopic (exact) mass is 404 g/mol. The minimum atomic E-state index is -0.940. The second kappa shape index (κ2) is 7.65. The van der Waals surface area contributed by atoms with Gasteiger partial charge in [0, 0.05) is 17.5 Å². The van der Waals surface area contributed by atoms with Crippen LogP contribution in [0.3, 0.4) is 0 Å². The highest BCUT2D eigenvalue weighted by molar-refractivity contribution is 6.32. The Morgan fingerprint density at radius 1 is 1.25 bits per heavy atom. The molecule has 28 heavy (non-hydrogen) atoms. The smallest absolute Gasteiger partial charge is 0.319 e. The van der Waals surface area contributed by atoms with Crippen LogP contribution in [0.2, 0.25) is 5.02 Å². The van der Waals surface area contributed by atoms with Crippen molar-refractivity contribution < 1.29 is 18.9 Å². The first-order valence-corrected chi connectivity index (χ1v) is 8.43. The number of rotatable bonds is 4. The van der Waals surface area contributed by atoms with E-state index < -0.39 is 28.7 Å². The number of carbonyl (C=O) groups excluding carboxylic acids is 2. The Kier molecular flexibility index (Phi) is 5.27. The lowest BCUT2D eigenvalue weighted by Gasteiger charge is -2.28. The number of nitrogens with one attached hydrogen (secondary N) is 3. The first-order chi connectivity index (χ1) is 13.3. The molecule has 0 unspecified atom stereocenters. The van der Waals surface area contributed by atoms with Crippen LogP contribution < -0.4 is 16.0 Å². The molecule has 0 bridgehead atoms. The van der Waals surface area contributed by atoms with E-state index in [4.69, 9.17) is 11.6 Å². The lowest BCUT2D eigenvalue weighted by Crippen LogP contribution is -2.46. The molecule has 144 valence electrons. The van der Waals surface area contributed by atoms with E-state index in [2.05, 4.69) is 16.0 Å². The molecule has 1 aliphatic heterocycles. The molecule has 2 aromatic rings. The zero-order valence-corrected chi connectivity index (χ0v) is 15.2. The summed E-state index contributed by atoms with van der Waals surface area (Å²) in [5, 5.41) is 18.8. The van der Waals surface area contributed by atoms with Crippen molar-refractivity contribution >= 4 is 34.9 Å². The van der Waals surface area contributed by atoms with Crippen LogP contribution in [0.15, 0.2) is 53.7 Å². The summed E-state index contributed by atoms with van der Waals surface area (Å²) < 4.78 is 13.1. The number of hydrogen-bond donors (Lipinski definition) is 3. The number of nitro benzene ring substituents is 1. The van der Waals surface area contributed by atoms with Gasteiger partial charge in [0.25, 0.3) is 11.6 Å². The van der Waals surface area contributed by atoms with E-state index in [0.29, 0.717) is 11.3 Å². The molecular formula is C18H14ClFN4O4. The lowest BCUT2D eigenvalue weighted by molar-refractivity contribution is -0.384. The van der Waals surface area contributed by atoms with Gasteiger partial charge in [0.1, 0.15) is 10.8 Å². The van der Waals surface area contributed by atoms with Crippen LogP contribution in [-0.4, -0.2) is 16.9 Å². The second-order valence-corrected chi connectivity index (χ2v) is 6.41. The van der Waals surface area contributed by atoms with Crippen molar-refractivity contribution in [2.45, 2.75) is 13.0 Å². The summed E-state index contributed by atoms with van der Waals surface area (Å²) in [5.74, 6) is -1.01. The molecule has 0 aromatic heterocycles. The predicted octanol–water partition coefficient (Wildman–Crippen LogP) is 3.65. The topological polar surface area (TPSA) is 113 Å². The van der Waals surface area contributed by atoms with Gasteiger partial charge in [-0.3, -0.25) is 14.9 Å². The molecule has 0 aliphatic carbocycles. The first-order valence-electron chi connectivity index (χ1n) is 8.05. The van der Waals surface area contributed by atoms with Gasteiger partial charge in [0.2, 0.25) is 0 Å². The molecule has 2 aromatic carbocycles. The van der Waals surface area contributed by atoms with E-state index in [1.165, 1.54) is 49.4 Å². The molecule has 0 spiro atoms. The second-order valence-electron chi connectivity index (χ2n) is 6.00. The van der Waals surface area contributed by atoms with Gasteiger partial charge in [0.15, 0.2) is 0 Å². The highest BCUT2D eigenvalue weighted by atomic mass is 35.5. The number of allylic oxidation sites excluding steroid dienone is 1. The van der Waals surface area contributed by atoms with Crippen molar-refractivity contribution in [2.75, 3.05) is 5.32 Å². The molecule has 3 N–H and O–H groups in total. The molecule has 0 fully saturated rings. The van der Waals surface area contributed by atoms with E-state index >= 15 is 0 Å². The number of nitro groups is 1. The molecule has 1 heterocycles. The van der Waals surface area contributed by atoms with Crippen molar-refractivity contribution in [1.29, 1.82) is 0 Å². The minimum absolute atomic E-state index is 0.0629. The summed E-state index contributed by atoms with van der Waals surface area (Å²) in [6.07, 6.45) is 0. The van der Waals surface area contributed by atoms with E-state index in [1.807, 2.05) is 0 Å². The molecule has 0 radical (unpaired) electrons. The maximum atomic E-state index is 13.1. The number of hydrogen-bond acceptors (Lipinski definition) is 4. The van der Waals surface area contributed by atoms with E-state index in [1.54, 1.807) is 0 Å². The third-order valence-corrected chi connectivity index (χ3v) is 4.44. The number of carbonyl (C=O) groups is 2. The van der Waals surface area contributed by atoms with Gasteiger partial charge >= 0.3 is 6.03 Å². The van der Waals surface area contributed by atoms with Crippen molar-refractivity contribution in [2.24, 2.45) is 0 Å². The molecule has 10 heteroatoms. The molecule has 0 saturated heterocycles. The Hall–Kier alpha value is -3.46. The Morgan fingerprint density at radius 2 is 1.93 bits per heavy atom. The van der Waals surface area contributed by atoms with Crippen LogP contribution in [-0.2, 0) is 4.79 Å². The number of urea groups is 1. The number of halogens is 2. The fourth-order valence-electron chi connectivity index (χ4n) is 2.83. The maximum Gasteiger partial charge on any atom is 0.319 e. The van der Waals surface area contributed by atoms with Crippen molar-refractivity contribution in [3.63, 3.8) is 0 Å². The number of amides is 3. The molecule has 1 atom stereocenters. The van der Waals surface area contributed by atoms with Crippen LogP contribution >= 0.6 is 11.6 Å². The zero-order chi connectivity index (χ0) is 20.4. The third-order valence-electron chi connectivity index (χ3n) is 4.12. The van der Waals surface area contributed by atoms with Gasteiger partial charge in [-0.25, -0.2) is 9.18 Å². The Morgan fingerprint density at radius 3 is 2.57 bits per heavy atom. The zero-order valence-electron chi connectivity index (χ0n) is 14.5. The lowest BCUT2D eigenvalue weighted by atomic mass is 9.94. The summed E-state index contributed by atoms with van der Waals surface area (Å²) in [4.78, 5) is 35.3. The number of nitrogens with zero attached hydrogens (tertiary/aromatic N) is 1. The van der Waals surface area contributed by atoms with Gasteiger partial charge in [-0.1, -0.05) is 17.7 Å². The molecular weight excluding hydrogens is 391 g/mol. The SMILES string of the molecule is CC1=C(C(=O)Nc2ccc(F)cc2)[C@@H](c2ccc(Cl)c([N+](=O)[O-])c2)NC(=O)N1. The van der Waals surface area contributed by atoms with Crippen LogP contribution in [0.5, 0.6) is 0 Å². The summed E-state index contributed by atoms with van der Waals surface area (Å²) >= 11 is 5.84. The Bertz CT molecular complexity index is 1010. The number of benzene rings is 2. The van der Waals surface area contributed by atoms with Crippen LogP contribution in [0.25, 0.3) is 0 Å². The highest BCUT2D eigenvalue weighted by Crippen LogP contribution is 2.33.